The topological polar surface area (TPSA) is 54.4 Å². The van der Waals surface area contributed by atoms with E-state index in [1.165, 1.54) is 0 Å². The Balaban J connectivity index is 2.90. The minimum absolute atomic E-state index is 0.0797. The summed E-state index contributed by atoms with van der Waals surface area (Å²) in [6, 6.07) is 0. The van der Waals surface area contributed by atoms with E-state index in [2.05, 4.69) is 6.58 Å². The van der Waals surface area contributed by atoms with Gasteiger partial charge in [-0.2, -0.15) is 0 Å². The highest BCUT2D eigenvalue weighted by atomic mass is 32.2. The number of sulfone groups is 1. The van der Waals surface area contributed by atoms with Crippen LogP contribution in [-0.2, 0) is 9.84 Å². The molecule has 0 spiro atoms. The third kappa shape index (κ3) is 1.62. The molecule has 64 valence electrons. The molecule has 1 fully saturated rings. The first-order chi connectivity index (χ1) is 4.86. The van der Waals surface area contributed by atoms with Crippen LogP contribution < -0.4 is 0 Å². The van der Waals surface area contributed by atoms with Crippen LogP contribution in [0.3, 0.4) is 0 Å². The molecule has 1 N–H and O–H groups in total. The fourth-order valence-electron chi connectivity index (χ4n) is 1.17. The zero-order valence-corrected chi connectivity index (χ0v) is 7.32. The van der Waals surface area contributed by atoms with E-state index in [1.54, 1.807) is 6.92 Å². The van der Waals surface area contributed by atoms with E-state index >= 15 is 0 Å². The molecule has 0 bridgehead atoms. The molecular formula is C7H12O3S. The van der Waals surface area contributed by atoms with Gasteiger partial charge in [-0.25, -0.2) is 8.42 Å². The average Bonchev–Trinajstić information content (AvgIpc) is 2.08. The van der Waals surface area contributed by atoms with Crippen LogP contribution in [0.1, 0.15) is 13.3 Å². The quantitative estimate of drug-likeness (QED) is 0.577. The molecule has 0 aromatic heterocycles. The lowest BCUT2D eigenvalue weighted by atomic mass is 9.96. The zero-order chi connectivity index (χ0) is 8.70. The third-order valence-electron chi connectivity index (χ3n) is 2.08. The molecule has 4 heteroatoms. The maximum Gasteiger partial charge on any atom is 0.153 e. The molecule has 1 heterocycles. The molecule has 1 saturated heterocycles. The molecule has 1 unspecified atom stereocenters. The second-order valence-corrected chi connectivity index (χ2v) is 5.34. The molecule has 1 rings (SSSR count). The second-order valence-electron chi connectivity index (χ2n) is 3.15. The van der Waals surface area contributed by atoms with Crippen molar-refractivity contribution in [2.75, 3.05) is 11.5 Å². The highest BCUT2D eigenvalue weighted by molar-refractivity contribution is 7.91. The molecule has 0 aromatic rings. The summed E-state index contributed by atoms with van der Waals surface area (Å²) in [6.07, 6.45) is 0.296. The molecule has 11 heavy (non-hydrogen) atoms. The van der Waals surface area contributed by atoms with Gasteiger partial charge in [-0.05, 0) is 18.9 Å². The van der Waals surface area contributed by atoms with Gasteiger partial charge in [0.1, 0.15) is 0 Å². The number of rotatable bonds is 1. The summed E-state index contributed by atoms with van der Waals surface area (Å²) in [4.78, 5) is 0. The van der Waals surface area contributed by atoms with Gasteiger partial charge in [0.2, 0.25) is 0 Å². The van der Waals surface area contributed by atoms with Crippen LogP contribution >= 0.6 is 0 Å². The van der Waals surface area contributed by atoms with Crippen molar-refractivity contribution in [3.8, 4) is 0 Å². The number of hydrogen-bond acceptors (Lipinski definition) is 3. The first-order valence-electron chi connectivity index (χ1n) is 3.44. The first kappa shape index (κ1) is 8.74. The van der Waals surface area contributed by atoms with Gasteiger partial charge in [0.05, 0.1) is 17.1 Å². The zero-order valence-electron chi connectivity index (χ0n) is 6.50. The summed E-state index contributed by atoms with van der Waals surface area (Å²) in [6.45, 7) is 5.21. The van der Waals surface area contributed by atoms with Crippen LogP contribution in [0.15, 0.2) is 12.2 Å². The van der Waals surface area contributed by atoms with E-state index < -0.39 is 15.4 Å². The van der Waals surface area contributed by atoms with Crippen molar-refractivity contribution in [3.05, 3.63) is 12.2 Å². The smallest absolute Gasteiger partial charge is 0.153 e. The van der Waals surface area contributed by atoms with E-state index in [1.807, 2.05) is 0 Å². The Labute approximate surface area is 66.7 Å². The standard InChI is InChI=1S/C7H12O3S/c1-6(2)7(8)3-4-11(9,10)5-7/h8H,1,3-5H2,2H3. The Morgan fingerprint density at radius 3 is 2.36 bits per heavy atom. The summed E-state index contributed by atoms with van der Waals surface area (Å²) >= 11 is 0. The Kier molecular flexibility index (Phi) is 1.84. The lowest BCUT2D eigenvalue weighted by Crippen LogP contribution is -2.30. The van der Waals surface area contributed by atoms with E-state index in [9.17, 15) is 13.5 Å². The van der Waals surface area contributed by atoms with E-state index in [0.29, 0.717) is 12.0 Å². The van der Waals surface area contributed by atoms with Crippen LogP contribution in [0.4, 0.5) is 0 Å². The van der Waals surface area contributed by atoms with Crippen LogP contribution in [0, 0.1) is 0 Å². The van der Waals surface area contributed by atoms with Crippen LogP contribution in [0.2, 0.25) is 0 Å². The summed E-state index contributed by atoms with van der Waals surface area (Å²) < 4.78 is 21.9. The van der Waals surface area contributed by atoms with Crippen molar-refractivity contribution in [1.29, 1.82) is 0 Å². The molecular weight excluding hydrogens is 164 g/mol. The Hall–Kier alpha value is -0.350. The predicted octanol–water partition coefficient (Wildman–Crippen LogP) is 0.112. The normalized spacial score (nSPS) is 35.5. The number of hydrogen-bond donors (Lipinski definition) is 1. The maximum absolute atomic E-state index is 10.9. The summed E-state index contributed by atoms with van der Waals surface area (Å²) in [7, 11) is -3.01. The van der Waals surface area contributed by atoms with Crippen LogP contribution in [0.25, 0.3) is 0 Å². The second kappa shape index (κ2) is 2.32. The van der Waals surface area contributed by atoms with Gasteiger partial charge in [0.15, 0.2) is 9.84 Å². The third-order valence-corrected chi connectivity index (χ3v) is 3.82. The summed E-state index contributed by atoms with van der Waals surface area (Å²) in [5, 5.41) is 9.63. The molecule has 1 aliphatic heterocycles. The van der Waals surface area contributed by atoms with Gasteiger partial charge in [0.25, 0.3) is 0 Å². The fourth-order valence-corrected chi connectivity index (χ4v) is 3.08. The highest BCUT2D eigenvalue weighted by Gasteiger charge is 2.40. The minimum Gasteiger partial charge on any atom is -0.384 e. The average molecular weight is 176 g/mol. The summed E-state index contributed by atoms with van der Waals surface area (Å²) in [5.41, 5.74) is -0.614. The lowest BCUT2D eigenvalue weighted by Gasteiger charge is -2.19. The molecule has 0 aliphatic carbocycles. The van der Waals surface area contributed by atoms with Crippen molar-refractivity contribution in [1.82, 2.24) is 0 Å². The fraction of sp³-hybridized carbons (Fsp3) is 0.714. The Morgan fingerprint density at radius 1 is 1.64 bits per heavy atom. The van der Waals surface area contributed by atoms with Crippen LogP contribution in [-0.4, -0.2) is 30.6 Å². The lowest BCUT2D eigenvalue weighted by molar-refractivity contribution is 0.107. The maximum atomic E-state index is 10.9. The van der Waals surface area contributed by atoms with Crippen LogP contribution in [0.5, 0.6) is 0 Å². The van der Waals surface area contributed by atoms with Gasteiger partial charge >= 0.3 is 0 Å². The predicted molar refractivity (Wildman–Crippen MR) is 43.0 cm³/mol. The van der Waals surface area contributed by atoms with Crippen molar-refractivity contribution in [3.63, 3.8) is 0 Å². The van der Waals surface area contributed by atoms with Crippen molar-refractivity contribution in [2.24, 2.45) is 0 Å². The Bertz CT molecular complexity index is 278. The molecule has 0 radical (unpaired) electrons. The molecule has 1 atom stereocenters. The number of aliphatic hydroxyl groups is 1. The van der Waals surface area contributed by atoms with E-state index in [0.717, 1.165) is 0 Å². The van der Waals surface area contributed by atoms with Crippen molar-refractivity contribution >= 4 is 9.84 Å². The minimum atomic E-state index is -3.01. The van der Waals surface area contributed by atoms with Gasteiger partial charge in [0, 0.05) is 0 Å². The highest BCUT2D eigenvalue weighted by Crippen LogP contribution is 2.28. The first-order valence-corrected chi connectivity index (χ1v) is 5.27. The molecule has 0 amide bonds. The van der Waals surface area contributed by atoms with Crippen molar-refractivity contribution < 1.29 is 13.5 Å². The Morgan fingerprint density at radius 2 is 2.18 bits per heavy atom. The monoisotopic (exact) mass is 176 g/mol. The SMILES string of the molecule is C=C(C)C1(O)CCS(=O)(=O)C1. The molecule has 0 saturated carbocycles. The van der Waals surface area contributed by atoms with Gasteiger partial charge in [-0.1, -0.05) is 6.58 Å². The van der Waals surface area contributed by atoms with Gasteiger partial charge < -0.3 is 5.11 Å². The van der Waals surface area contributed by atoms with E-state index in [4.69, 9.17) is 0 Å². The van der Waals surface area contributed by atoms with Gasteiger partial charge in [-0.15, -0.1) is 0 Å². The largest absolute Gasteiger partial charge is 0.384 e. The summed E-state index contributed by atoms with van der Waals surface area (Å²) in [5.74, 6) is -0.0777. The molecule has 1 aliphatic rings. The molecule has 3 nitrogen and oxygen atoms in total. The van der Waals surface area contributed by atoms with E-state index in [-0.39, 0.29) is 11.5 Å². The van der Waals surface area contributed by atoms with Gasteiger partial charge in [-0.3, -0.25) is 0 Å². The van der Waals surface area contributed by atoms with Crippen molar-refractivity contribution in [2.45, 2.75) is 18.9 Å². The molecule has 0 aromatic carbocycles.